The Morgan fingerprint density at radius 2 is 1.84 bits per heavy atom. The standard InChI is InChI=1S/C29H38N6O3/c1-18(2)17-38-24-9-7-8-19(3)25(24)35-26(20-10-12-21(13-11-20)31-27(30)36)22-16-34(15-14-23(22)33-35)28(37)32-29(4,5)6/h7-13,18H,14-17H2,1-6H3,(H,32,37)(H3,30,31,36). The number of benzene rings is 2. The summed E-state index contributed by atoms with van der Waals surface area (Å²) in [5.41, 5.74) is 11.2. The van der Waals surface area contributed by atoms with Crippen molar-refractivity contribution in [1.82, 2.24) is 20.0 Å². The highest BCUT2D eigenvalue weighted by atomic mass is 16.5. The molecule has 9 nitrogen and oxygen atoms in total. The molecular weight excluding hydrogens is 480 g/mol. The average Bonchev–Trinajstić information content (AvgIpc) is 3.20. The third kappa shape index (κ3) is 6.10. The number of hydrogen-bond donors (Lipinski definition) is 3. The molecule has 0 spiro atoms. The second kappa shape index (κ2) is 10.8. The Bertz CT molecular complexity index is 1320. The summed E-state index contributed by atoms with van der Waals surface area (Å²) >= 11 is 0. The molecule has 4 amide bonds. The minimum absolute atomic E-state index is 0.0975. The van der Waals surface area contributed by atoms with E-state index in [0.717, 1.165) is 39.5 Å². The third-order valence-electron chi connectivity index (χ3n) is 6.21. The van der Waals surface area contributed by atoms with Gasteiger partial charge in [0.2, 0.25) is 0 Å². The molecular formula is C29H38N6O3. The number of ether oxygens (including phenoxy) is 1. The number of urea groups is 2. The molecule has 0 aliphatic carbocycles. The molecule has 0 fully saturated rings. The van der Waals surface area contributed by atoms with Crippen LogP contribution in [0.25, 0.3) is 16.9 Å². The minimum atomic E-state index is -0.618. The number of anilines is 1. The van der Waals surface area contributed by atoms with E-state index in [0.29, 0.717) is 37.7 Å². The first-order valence-corrected chi connectivity index (χ1v) is 13.0. The van der Waals surface area contributed by atoms with Crippen LogP contribution in [0, 0.1) is 12.8 Å². The summed E-state index contributed by atoms with van der Waals surface area (Å²) in [7, 11) is 0. The van der Waals surface area contributed by atoms with E-state index in [-0.39, 0.29) is 11.6 Å². The molecule has 2 aromatic carbocycles. The average molecular weight is 519 g/mol. The van der Waals surface area contributed by atoms with Crippen molar-refractivity contribution in [2.75, 3.05) is 18.5 Å². The van der Waals surface area contributed by atoms with E-state index in [9.17, 15) is 9.59 Å². The molecule has 1 aliphatic rings. The fourth-order valence-corrected chi connectivity index (χ4v) is 4.53. The SMILES string of the molecule is Cc1cccc(OCC(C)C)c1-n1nc2c(c1-c1ccc(NC(N)=O)cc1)CN(C(=O)NC(C)(C)C)CC2. The number of carbonyl (C=O) groups is 2. The van der Waals surface area contributed by atoms with Gasteiger partial charge in [0.05, 0.1) is 24.5 Å². The third-order valence-corrected chi connectivity index (χ3v) is 6.21. The molecule has 0 unspecified atom stereocenters. The van der Waals surface area contributed by atoms with Crippen molar-refractivity contribution in [2.45, 2.75) is 60.0 Å². The van der Waals surface area contributed by atoms with Crippen LogP contribution in [0.4, 0.5) is 15.3 Å². The van der Waals surface area contributed by atoms with E-state index in [1.165, 1.54) is 0 Å². The van der Waals surface area contributed by atoms with Crippen LogP contribution < -0.4 is 21.1 Å². The fraction of sp³-hybridized carbons (Fsp3) is 0.414. The first-order valence-electron chi connectivity index (χ1n) is 13.0. The lowest BCUT2D eigenvalue weighted by Gasteiger charge is -2.31. The molecule has 9 heteroatoms. The lowest BCUT2D eigenvalue weighted by Crippen LogP contribution is -2.49. The van der Waals surface area contributed by atoms with E-state index in [2.05, 4.69) is 24.5 Å². The van der Waals surface area contributed by atoms with Gasteiger partial charge in [-0.15, -0.1) is 0 Å². The quantitative estimate of drug-likeness (QED) is 0.414. The molecule has 3 aromatic rings. The molecule has 4 rings (SSSR count). The lowest BCUT2D eigenvalue weighted by molar-refractivity contribution is 0.183. The van der Waals surface area contributed by atoms with Crippen LogP contribution in [0.1, 0.15) is 51.4 Å². The number of carbonyl (C=O) groups excluding carboxylic acids is 2. The number of fused-ring (bicyclic) bond motifs is 1. The van der Waals surface area contributed by atoms with Crippen LogP contribution in [-0.2, 0) is 13.0 Å². The van der Waals surface area contributed by atoms with Crippen LogP contribution in [0.2, 0.25) is 0 Å². The highest BCUT2D eigenvalue weighted by Crippen LogP contribution is 2.37. The molecule has 0 atom stereocenters. The molecule has 2 heterocycles. The van der Waals surface area contributed by atoms with Crippen molar-refractivity contribution >= 4 is 17.7 Å². The Hall–Kier alpha value is -4.01. The molecule has 38 heavy (non-hydrogen) atoms. The molecule has 1 aromatic heterocycles. The van der Waals surface area contributed by atoms with E-state index in [1.807, 2.05) is 79.7 Å². The number of aromatic nitrogens is 2. The van der Waals surface area contributed by atoms with Gasteiger partial charge in [0.1, 0.15) is 11.4 Å². The number of nitrogens with one attached hydrogen (secondary N) is 2. The zero-order chi connectivity index (χ0) is 27.6. The Balaban J connectivity index is 1.84. The zero-order valence-electron chi connectivity index (χ0n) is 23.1. The highest BCUT2D eigenvalue weighted by molar-refractivity contribution is 5.88. The number of para-hydroxylation sites is 1. The largest absolute Gasteiger partial charge is 0.491 e. The zero-order valence-corrected chi connectivity index (χ0v) is 23.1. The predicted octanol–water partition coefficient (Wildman–Crippen LogP) is 5.24. The maximum absolute atomic E-state index is 13.1. The van der Waals surface area contributed by atoms with Crippen molar-refractivity contribution in [3.63, 3.8) is 0 Å². The Morgan fingerprint density at radius 3 is 2.47 bits per heavy atom. The topological polar surface area (TPSA) is 115 Å². The van der Waals surface area contributed by atoms with Gasteiger partial charge in [0.15, 0.2) is 0 Å². The Morgan fingerprint density at radius 1 is 1.13 bits per heavy atom. The maximum atomic E-state index is 13.1. The van der Waals surface area contributed by atoms with Crippen molar-refractivity contribution in [3.8, 4) is 22.7 Å². The summed E-state index contributed by atoms with van der Waals surface area (Å²) in [5, 5.41) is 10.8. The van der Waals surface area contributed by atoms with Gasteiger partial charge >= 0.3 is 12.1 Å². The number of nitrogens with zero attached hydrogens (tertiary/aromatic N) is 3. The molecule has 4 N–H and O–H groups in total. The van der Waals surface area contributed by atoms with E-state index >= 15 is 0 Å². The van der Waals surface area contributed by atoms with Crippen molar-refractivity contribution < 1.29 is 14.3 Å². The molecule has 0 saturated heterocycles. The van der Waals surface area contributed by atoms with Crippen LogP contribution in [-0.4, -0.2) is 45.4 Å². The second-order valence-corrected chi connectivity index (χ2v) is 11.2. The van der Waals surface area contributed by atoms with E-state index < -0.39 is 6.03 Å². The van der Waals surface area contributed by atoms with Crippen LogP contribution in [0.3, 0.4) is 0 Å². The molecule has 0 bridgehead atoms. The van der Waals surface area contributed by atoms with Crippen molar-refractivity contribution in [3.05, 3.63) is 59.3 Å². The molecule has 202 valence electrons. The number of aryl methyl sites for hydroxylation is 1. The number of amides is 4. The predicted molar refractivity (Wildman–Crippen MR) is 150 cm³/mol. The monoisotopic (exact) mass is 518 g/mol. The summed E-state index contributed by atoms with van der Waals surface area (Å²) in [5.74, 6) is 1.13. The lowest BCUT2D eigenvalue weighted by atomic mass is 10.00. The summed E-state index contributed by atoms with van der Waals surface area (Å²) in [6, 6.07) is 12.8. The number of primary amides is 1. The normalized spacial score (nSPS) is 13.3. The van der Waals surface area contributed by atoms with Gasteiger partial charge in [0.25, 0.3) is 0 Å². The highest BCUT2D eigenvalue weighted by Gasteiger charge is 2.30. The number of rotatable bonds is 6. The van der Waals surface area contributed by atoms with Gasteiger partial charge < -0.3 is 26.0 Å². The first-order chi connectivity index (χ1) is 17.9. The number of nitrogens with two attached hydrogens (primary N) is 1. The van der Waals surface area contributed by atoms with Crippen LogP contribution in [0.15, 0.2) is 42.5 Å². The fourth-order valence-electron chi connectivity index (χ4n) is 4.53. The summed E-state index contributed by atoms with van der Waals surface area (Å²) in [4.78, 5) is 26.2. The molecule has 0 saturated carbocycles. The summed E-state index contributed by atoms with van der Waals surface area (Å²) in [6.07, 6.45) is 0.641. The Labute approximate surface area is 224 Å². The summed E-state index contributed by atoms with van der Waals surface area (Å²) < 4.78 is 8.19. The minimum Gasteiger partial charge on any atom is -0.491 e. The van der Waals surface area contributed by atoms with Gasteiger partial charge in [-0.05, 0) is 57.4 Å². The molecule has 0 radical (unpaired) electrons. The van der Waals surface area contributed by atoms with Crippen molar-refractivity contribution in [1.29, 1.82) is 0 Å². The molecule has 1 aliphatic heterocycles. The van der Waals surface area contributed by atoms with Crippen molar-refractivity contribution in [2.24, 2.45) is 11.7 Å². The van der Waals surface area contributed by atoms with E-state index in [1.54, 1.807) is 0 Å². The smallest absolute Gasteiger partial charge is 0.318 e. The van der Waals surface area contributed by atoms with Gasteiger partial charge in [-0.1, -0.05) is 38.1 Å². The van der Waals surface area contributed by atoms with E-state index in [4.69, 9.17) is 15.6 Å². The van der Waals surface area contributed by atoms with Gasteiger partial charge in [-0.2, -0.15) is 5.10 Å². The van der Waals surface area contributed by atoms with Crippen LogP contribution >= 0.6 is 0 Å². The first kappa shape index (κ1) is 27.0. The summed E-state index contributed by atoms with van der Waals surface area (Å²) in [6.45, 7) is 13.8. The maximum Gasteiger partial charge on any atom is 0.318 e. The van der Waals surface area contributed by atoms with Gasteiger partial charge in [-0.25, -0.2) is 14.3 Å². The van der Waals surface area contributed by atoms with Gasteiger partial charge in [0, 0.05) is 35.3 Å². The van der Waals surface area contributed by atoms with Crippen LogP contribution in [0.5, 0.6) is 5.75 Å². The Kier molecular flexibility index (Phi) is 7.66. The second-order valence-electron chi connectivity index (χ2n) is 11.2. The number of hydrogen-bond acceptors (Lipinski definition) is 4. The van der Waals surface area contributed by atoms with Gasteiger partial charge in [-0.3, -0.25) is 0 Å².